The van der Waals surface area contributed by atoms with Gasteiger partial charge < -0.3 is 72.8 Å². The molecule has 8 aromatic heterocycles. The summed E-state index contributed by atoms with van der Waals surface area (Å²) in [5.74, 6) is 9.22. The molecule has 0 atom stereocenters. The minimum Gasteiger partial charge on any atom is -0.497 e. The van der Waals surface area contributed by atoms with Gasteiger partial charge in [0.05, 0.1) is 199 Å². The molecule has 0 saturated carbocycles. The van der Waals surface area contributed by atoms with E-state index in [1.165, 1.54) is 19.1 Å². The molecule has 2 N–H and O–H groups in total. The molecule has 8 aromatic carbocycles. The summed E-state index contributed by atoms with van der Waals surface area (Å²) in [4.78, 5) is 49.3. The Morgan fingerprint density at radius 3 is 1.07 bits per heavy atom. The summed E-state index contributed by atoms with van der Waals surface area (Å²) in [5, 5.41) is 29.6. The Balaban J connectivity index is 0.000000138. The van der Waals surface area contributed by atoms with Crippen LogP contribution < -0.4 is 62.8 Å². The van der Waals surface area contributed by atoms with Gasteiger partial charge in [-0.05, 0) is 137 Å². The van der Waals surface area contributed by atoms with E-state index < -0.39 is 9.84 Å². The van der Waals surface area contributed by atoms with E-state index in [1.807, 2.05) is 142 Å². The maximum atomic E-state index is 11.5. The fourth-order valence-corrected chi connectivity index (χ4v) is 16.8. The predicted octanol–water partition coefficient (Wildman–Crippen LogP) is 16.2. The quantitative estimate of drug-likeness (QED) is 0.0354. The number of piperidine rings is 1. The molecular weight excluding hydrogens is 1740 g/mol. The number of hydrogen-bond donors (Lipinski definition) is 2. The minimum atomic E-state index is -3.07. The van der Waals surface area contributed by atoms with Crippen molar-refractivity contribution in [1.82, 2.24) is 89.2 Å². The van der Waals surface area contributed by atoms with Gasteiger partial charge in [0.2, 0.25) is 0 Å². The third-order valence-corrected chi connectivity index (χ3v) is 24.4. The van der Waals surface area contributed by atoms with Crippen LogP contribution in [0.2, 0.25) is 0 Å². The van der Waals surface area contributed by atoms with Crippen molar-refractivity contribution in [2.45, 2.75) is 58.5 Å². The zero-order valence-corrected chi connectivity index (χ0v) is 79.5. The number of benzene rings is 8. The molecule has 704 valence electrons. The first kappa shape index (κ1) is 95.6. The molecule has 2 aliphatic rings. The number of aliphatic hydroxyl groups is 1. The lowest BCUT2D eigenvalue weighted by molar-refractivity contribution is 0.269. The van der Waals surface area contributed by atoms with Crippen molar-refractivity contribution in [3.63, 3.8) is 0 Å². The van der Waals surface area contributed by atoms with Crippen LogP contribution in [-0.4, -0.2) is 232 Å². The van der Waals surface area contributed by atoms with Crippen molar-refractivity contribution in [2.75, 3.05) is 154 Å². The molecule has 16 aromatic rings. The molecule has 33 nitrogen and oxygen atoms in total. The fourth-order valence-electron chi connectivity index (χ4n) is 16.3. The standard InChI is InChI=1S/2C26H30N6O2.C25H29N5O4S.C25H25N5O3/c1-31-17-19(14-29-31)26-15-28-24-5-4-20(12-25(24)30-26)32(16-18-6-8-27-9-7-18)21-10-22(33-2)13-23(11-21)34-3;1-30-18-19(16-28-30)26-17-27-24-7-6-20(14-25(24)29-26)32(11-10-31-8-4-5-9-31)21-12-22(33-2)15-23(13-21)34-3;1-5-8-30(20-11-21(33-2)14-22(12-20)34-3)19-6-7-23-24(13-19)28-25(16-26-23)18-15-27-29(17-18)9-10-35(4,31)32;1-4-5-8-30(20-11-21(32-2)14-22(12-20)33-3)19-6-7-23-24(13-19)28-25(16-26-23)18-15-27-29(17-18)9-10-31/h4-5,10-15,17-18,27H,6-9,16H2,1-3H3;6-7,12-18H,4-5,8-11H2,1-3H3;6-7,11-17H,5,8-10H2,1-4H3;1,6-7,11-17,31H,5,8-10H2,2-3H3. The molecule has 0 radical (unpaired) electrons. The molecule has 2 aliphatic heterocycles. The summed E-state index contributed by atoms with van der Waals surface area (Å²) >= 11 is 0. The van der Waals surface area contributed by atoms with Crippen LogP contribution in [-0.2, 0) is 37.0 Å². The third kappa shape index (κ3) is 24.3. The van der Waals surface area contributed by atoms with Crippen molar-refractivity contribution in [2.24, 2.45) is 20.0 Å². The molecule has 18 rings (SSSR count). The van der Waals surface area contributed by atoms with Crippen LogP contribution in [0.5, 0.6) is 46.0 Å². The summed E-state index contributed by atoms with van der Waals surface area (Å²) < 4.78 is 73.8. The number of nitrogens with zero attached hydrogens (tertiary/aromatic N) is 21. The van der Waals surface area contributed by atoms with Crippen LogP contribution in [0.25, 0.3) is 89.2 Å². The van der Waals surface area contributed by atoms with E-state index in [9.17, 15) is 8.42 Å². The Morgan fingerprint density at radius 2 is 0.735 bits per heavy atom. The number of likely N-dealkylation sites (tertiary alicyclic amines) is 1. The van der Waals surface area contributed by atoms with Crippen molar-refractivity contribution >= 4 is 99.5 Å². The number of sulfone groups is 1. The van der Waals surface area contributed by atoms with Crippen LogP contribution in [0.4, 0.5) is 45.5 Å². The van der Waals surface area contributed by atoms with Gasteiger partial charge in [-0.2, -0.15) is 20.4 Å². The predicted molar refractivity (Wildman–Crippen MR) is 533 cm³/mol. The number of aryl methyl sites for hydroxylation is 3. The van der Waals surface area contributed by atoms with E-state index in [4.69, 9.17) is 69.4 Å². The average Bonchev–Trinajstić information content (AvgIpc) is 1.20. The SMILES string of the molecule is C#CCCN(c1cc(OC)cc(OC)c1)c1ccc2ncc(-c3cnn(CCO)c3)nc2c1.CCCN(c1cc(OC)cc(OC)c1)c1ccc2ncc(-c3cnn(CCS(C)(=O)=O)c3)nc2c1.COc1cc(OC)cc(N(CC2CCNCC2)c2ccc3ncc(-c4cnn(C)c4)nc3c2)c1.COc1cc(OC)cc(N(CCN2CCCC2)c2ccc3ncc(-c4cnn(C)c4)nc3c2)c1. The van der Waals surface area contributed by atoms with Gasteiger partial charge in [-0.25, -0.2) is 28.4 Å². The van der Waals surface area contributed by atoms with Crippen LogP contribution >= 0.6 is 0 Å². The van der Waals surface area contributed by atoms with Crippen LogP contribution in [0.3, 0.4) is 0 Å². The summed E-state index contributed by atoms with van der Waals surface area (Å²) in [6.45, 7) is 11.4. The highest BCUT2D eigenvalue weighted by atomic mass is 32.2. The maximum absolute atomic E-state index is 11.5. The van der Waals surface area contributed by atoms with Crippen molar-refractivity contribution < 1.29 is 51.4 Å². The number of hydrogen-bond acceptors (Lipinski definition) is 29. The molecule has 0 aliphatic carbocycles. The van der Waals surface area contributed by atoms with E-state index in [2.05, 4.69) is 132 Å². The first-order valence-electron chi connectivity index (χ1n) is 45.0. The number of aliphatic hydroxyl groups excluding tert-OH is 1. The molecule has 0 unspecified atom stereocenters. The summed E-state index contributed by atoms with van der Waals surface area (Å²) in [5.41, 5.74) is 20.9. The highest BCUT2D eigenvalue weighted by molar-refractivity contribution is 7.90. The Bertz CT molecular complexity index is 6840. The number of fused-ring (bicyclic) bond motifs is 4. The first-order chi connectivity index (χ1) is 66.2. The van der Waals surface area contributed by atoms with Gasteiger partial charge in [-0.1, -0.05) is 6.92 Å². The Kier molecular flexibility index (Phi) is 31.7. The number of terminal acetylenes is 1. The second-order valence-electron chi connectivity index (χ2n) is 32.9. The minimum absolute atomic E-state index is 0.0242. The van der Waals surface area contributed by atoms with Crippen molar-refractivity contribution in [1.29, 1.82) is 0 Å². The molecule has 2 saturated heterocycles. The second kappa shape index (κ2) is 45.1. The fraction of sp³-hybridized carbons (Fsp3) is 0.314. The van der Waals surface area contributed by atoms with Crippen LogP contribution in [0.15, 0.2) is 220 Å². The van der Waals surface area contributed by atoms with E-state index in [0.717, 1.165) is 229 Å². The zero-order valence-electron chi connectivity index (χ0n) is 78.7. The molecule has 136 heavy (non-hydrogen) atoms. The average molecular weight is 1860 g/mol. The summed E-state index contributed by atoms with van der Waals surface area (Å²) in [6.07, 6.45) is 34.7. The Hall–Kier alpha value is -15.1. The number of aromatic nitrogens is 16. The topological polar surface area (TPSA) is 331 Å². The maximum Gasteiger partial charge on any atom is 0.149 e. The van der Waals surface area contributed by atoms with Gasteiger partial charge in [0, 0.05) is 225 Å². The summed E-state index contributed by atoms with van der Waals surface area (Å²) in [6, 6.07) is 48.0. The van der Waals surface area contributed by atoms with Crippen molar-refractivity contribution in [3.8, 4) is 103 Å². The third-order valence-electron chi connectivity index (χ3n) is 23.5. The van der Waals surface area contributed by atoms with E-state index in [-0.39, 0.29) is 12.4 Å². The molecule has 10 heterocycles. The molecular formula is C102H114N22O11S. The van der Waals surface area contributed by atoms with Crippen molar-refractivity contribution in [3.05, 3.63) is 220 Å². The Morgan fingerprint density at radius 1 is 0.404 bits per heavy atom. The van der Waals surface area contributed by atoms with Gasteiger partial charge in [0.1, 0.15) is 55.8 Å². The molecule has 34 heteroatoms. The molecule has 0 amide bonds. The highest BCUT2D eigenvalue weighted by Crippen LogP contribution is 2.41. The number of anilines is 8. The second-order valence-corrected chi connectivity index (χ2v) is 35.2. The lowest BCUT2D eigenvalue weighted by Crippen LogP contribution is -2.34. The zero-order chi connectivity index (χ0) is 95.2. The number of rotatable bonds is 34. The van der Waals surface area contributed by atoms with E-state index in [1.54, 1.807) is 119 Å². The van der Waals surface area contributed by atoms with E-state index >= 15 is 0 Å². The van der Waals surface area contributed by atoms with Gasteiger partial charge >= 0.3 is 0 Å². The number of nitrogens with one attached hydrogen (secondary N) is 1. The lowest BCUT2D eigenvalue weighted by atomic mass is 9.97. The number of methoxy groups -OCH3 is 8. The Labute approximate surface area is 791 Å². The molecule has 0 spiro atoms. The largest absolute Gasteiger partial charge is 0.497 e. The van der Waals surface area contributed by atoms with Gasteiger partial charge in [-0.3, -0.25) is 38.7 Å². The van der Waals surface area contributed by atoms with Gasteiger partial charge in [-0.15, -0.1) is 12.3 Å². The highest BCUT2D eigenvalue weighted by Gasteiger charge is 2.25. The molecule has 0 bridgehead atoms. The van der Waals surface area contributed by atoms with Crippen LogP contribution in [0, 0.1) is 18.3 Å². The smallest absolute Gasteiger partial charge is 0.149 e. The van der Waals surface area contributed by atoms with Gasteiger partial charge in [0.25, 0.3) is 0 Å². The lowest BCUT2D eigenvalue weighted by Gasteiger charge is -2.32. The van der Waals surface area contributed by atoms with Crippen LogP contribution in [0.1, 0.15) is 45.4 Å². The van der Waals surface area contributed by atoms with E-state index in [0.29, 0.717) is 54.9 Å². The summed E-state index contributed by atoms with van der Waals surface area (Å²) in [7, 11) is 14.0. The first-order valence-corrected chi connectivity index (χ1v) is 47.0. The van der Waals surface area contributed by atoms with Gasteiger partial charge in [0.15, 0.2) is 0 Å². The number of ether oxygens (including phenoxy) is 8. The monoisotopic (exact) mass is 1850 g/mol. The normalized spacial score (nSPS) is 12.6. The molecule has 2 fully saturated rings.